The van der Waals surface area contributed by atoms with Crippen LogP contribution in [0.1, 0.15) is 38.7 Å². The van der Waals surface area contributed by atoms with Crippen LogP contribution in [-0.4, -0.2) is 41.7 Å². The van der Waals surface area contributed by atoms with Gasteiger partial charge in [0, 0.05) is 18.4 Å². The SMILES string of the molecule is COc1cc(C[NH2+]CCC2(O)CCOC(C)(C)C2)ccc1O. The van der Waals surface area contributed by atoms with Crippen molar-refractivity contribution in [1.82, 2.24) is 0 Å². The van der Waals surface area contributed by atoms with E-state index >= 15 is 0 Å². The summed E-state index contributed by atoms with van der Waals surface area (Å²) >= 11 is 0. The van der Waals surface area contributed by atoms with Crippen LogP contribution in [0.3, 0.4) is 0 Å². The maximum Gasteiger partial charge on any atom is 0.160 e. The van der Waals surface area contributed by atoms with Crippen molar-refractivity contribution in [3.05, 3.63) is 23.8 Å². The highest BCUT2D eigenvalue weighted by Crippen LogP contribution is 2.33. The van der Waals surface area contributed by atoms with Crippen LogP contribution >= 0.6 is 0 Å². The lowest BCUT2D eigenvalue weighted by molar-refractivity contribution is -0.672. The Morgan fingerprint density at radius 2 is 2.14 bits per heavy atom. The van der Waals surface area contributed by atoms with Crippen molar-refractivity contribution in [2.45, 2.75) is 50.9 Å². The van der Waals surface area contributed by atoms with Crippen LogP contribution in [0.2, 0.25) is 0 Å². The highest BCUT2D eigenvalue weighted by atomic mass is 16.5. The number of methoxy groups -OCH3 is 1. The molecule has 1 heterocycles. The fourth-order valence-corrected chi connectivity index (χ4v) is 3.15. The maximum absolute atomic E-state index is 10.7. The van der Waals surface area contributed by atoms with Gasteiger partial charge in [-0.05, 0) is 38.5 Å². The molecule has 4 N–H and O–H groups in total. The Labute approximate surface area is 132 Å². The van der Waals surface area contributed by atoms with Crippen LogP contribution in [-0.2, 0) is 11.3 Å². The number of aromatic hydroxyl groups is 1. The second-order valence-corrected chi connectivity index (χ2v) is 6.80. The number of phenolic OH excluding ortho intramolecular Hbond substituents is 1. The van der Waals surface area contributed by atoms with Crippen molar-refractivity contribution >= 4 is 0 Å². The summed E-state index contributed by atoms with van der Waals surface area (Å²) in [6.45, 7) is 6.34. The summed E-state index contributed by atoms with van der Waals surface area (Å²) in [6.07, 6.45) is 2.15. The average Bonchev–Trinajstić information content (AvgIpc) is 2.44. The van der Waals surface area contributed by atoms with E-state index in [2.05, 4.69) is 5.32 Å². The molecule has 124 valence electrons. The largest absolute Gasteiger partial charge is 0.504 e. The van der Waals surface area contributed by atoms with E-state index in [1.54, 1.807) is 13.2 Å². The number of quaternary nitrogens is 1. The third kappa shape index (κ3) is 4.60. The first-order valence-corrected chi connectivity index (χ1v) is 7.87. The summed E-state index contributed by atoms with van der Waals surface area (Å²) in [5.41, 5.74) is 0.233. The predicted molar refractivity (Wildman–Crippen MR) is 84.0 cm³/mol. The van der Waals surface area contributed by atoms with Crippen molar-refractivity contribution in [3.8, 4) is 11.5 Å². The van der Waals surface area contributed by atoms with Gasteiger partial charge in [-0.2, -0.15) is 0 Å². The van der Waals surface area contributed by atoms with Crippen LogP contribution < -0.4 is 10.1 Å². The van der Waals surface area contributed by atoms with Gasteiger partial charge in [-0.1, -0.05) is 0 Å². The lowest BCUT2D eigenvalue weighted by atomic mass is 9.82. The number of aliphatic hydroxyl groups is 1. The molecule has 1 aliphatic heterocycles. The van der Waals surface area contributed by atoms with E-state index in [0.717, 1.165) is 25.1 Å². The van der Waals surface area contributed by atoms with Crippen molar-refractivity contribution in [1.29, 1.82) is 0 Å². The van der Waals surface area contributed by atoms with E-state index in [-0.39, 0.29) is 11.4 Å². The van der Waals surface area contributed by atoms with Gasteiger partial charge in [0.25, 0.3) is 0 Å². The predicted octanol–water partition coefficient (Wildman–Crippen LogP) is 1.17. The molecule has 0 aliphatic carbocycles. The number of hydrogen-bond acceptors (Lipinski definition) is 4. The quantitative estimate of drug-likeness (QED) is 0.690. The molecule has 1 fully saturated rings. The zero-order valence-corrected chi connectivity index (χ0v) is 13.8. The molecule has 22 heavy (non-hydrogen) atoms. The monoisotopic (exact) mass is 310 g/mol. The number of benzene rings is 1. The first-order chi connectivity index (χ1) is 10.3. The molecule has 0 spiro atoms. The van der Waals surface area contributed by atoms with Crippen LogP contribution in [0.5, 0.6) is 11.5 Å². The van der Waals surface area contributed by atoms with E-state index in [0.29, 0.717) is 25.2 Å². The summed E-state index contributed by atoms with van der Waals surface area (Å²) in [4.78, 5) is 0. The molecular formula is C17H28NO4+. The van der Waals surface area contributed by atoms with Crippen molar-refractivity contribution in [3.63, 3.8) is 0 Å². The fourth-order valence-electron chi connectivity index (χ4n) is 3.15. The van der Waals surface area contributed by atoms with Crippen LogP contribution in [0, 0.1) is 0 Å². The summed E-state index contributed by atoms with van der Waals surface area (Å²) < 4.78 is 10.8. The number of hydrogen-bond donors (Lipinski definition) is 3. The first-order valence-electron chi connectivity index (χ1n) is 7.87. The first kappa shape index (κ1) is 17.1. The minimum atomic E-state index is -0.620. The number of nitrogens with two attached hydrogens (primary N) is 1. The molecule has 0 saturated carbocycles. The fraction of sp³-hybridized carbons (Fsp3) is 0.647. The molecular weight excluding hydrogens is 282 g/mol. The molecule has 2 rings (SSSR count). The second-order valence-electron chi connectivity index (χ2n) is 6.80. The molecule has 0 bridgehead atoms. The van der Waals surface area contributed by atoms with Gasteiger partial charge in [-0.3, -0.25) is 0 Å². The molecule has 0 amide bonds. The highest BCUT2D eigenvalue weighted by molar-refractivity contribution is 5.41. The van der Waals surface area contributed by atoms with Gasteiger partial charge in [-0.15, -0.1) is 0 Å². The molecule has 1 atom stereocenters. The van der Waals surface area contributed by atoms with Gasteiger partial charge in [-0.25, -0.2) is 0 Å². The molecule has 0 aromatic heterocycles. The second kappa shape index (κ2) is 6.86. The number of rotatable bonds is 6. The lowest BCUT2D eigenvalue weighted by Gasteiger charge is -2.41. The van der Waals surface area contributed by atoms with Gasteiger partial charge in [0.05, 0.1) is 31.5 Å². The van der Waals surface area contributed by atoms with E-state index in [4.69, 9.17) is 9.47 Å². The van der Waals surface area contributed by atoms with Crippen LogP contribution in [0.25, 0.3) is 0 Å². The summed E-state index contributed by atoms with van der Waals surface area (Å²) in [5.74, 6) is 0.653. The van der Waals surface area contributed by atoms with E-state index < -0.39 is 5.60 Å². The Kier molecular flexibility index (Phi) is 5.32. The maximum atomic E-state index is 10.7. The molecule has 5 heteroatoms. The molecule has 1 aromatic carbocycles. The number of ether oxygens (including phenoxy) is 2. The smallest absolute Gasteiger partial charge is 0.160 e. The average molecular weight is 310 g/mol. The Balaban J connectivity index is 1.79. The van der Waals surface area contributed by atoms with Crippen molar-refractivity contribution in [2.24, 2.45) is 0 Å². The Hall–Kier alpha value is -1.30. The van der Waals surface area contributed by atoms with Gasteiger partial charge in [0.2, 0.25) is 0 Å². The van der Waals surface area contributed by atoms with E-state index in [1.165, 1.54) is 0 Å². The third-order valence-electron chi connectivity index (χ3n) is 4.25. The standard InChI is InChI=1S/C17H27NO4/c1-16(2)12-17(20,7-9-22-16)6-8-18-11-13-4-5-14(19)15(10-13)21-3/h4-5,10,18-20H,6-9,11-12H2,1-3H3/p+1. The van der Waals surface area contributed by atoms with Gasteiger partial charge < -0.3 is 25.0 Å². The Morgan fingerprint density at radius 1 is 1.36 bits per heavy atom. The van der Waals surface area contributed by atoms with Crippen molar-refractivity contribution in [2.75, 3.05) is 20.3 Å². The minimum absolute atomic E-state index is 0.157. The highest BCUT2D eigenvalue weighted by Gasteiger charge is 2.39. The minimum Gasteiger partial charge on any atom is -0.504 e. The summed E-state index contributed by atoms with van der Waals surface area (Å²) in [7, 11) is 1.55. The van der Waals surface area contributed by atoms with Crippen LogP contribution in [0.15, 0.2) is 18.2 Å². The topological polar surface area (TPSA) is 75.5 Å². The molecule has 5 nitrogen and oxygen atoms in total. The van der Waals surface area contributed by atoms with E-state index in [9.17, 15) is 10.2 Å². The molecule has 1 saturated heterocycles. The summed E-state index contributed by atoms with van der Waals surface area (Å²) in [5, 5.41) is 22.4. The zero-order chi connectivity index (χ0) is 16.2. The molecule has 1 aliphatic rings. The molecule has 1 aromatic rings. The van der Waals surface area contributed by atoms with Crippen LogP contribution in [0.4, 0.5) is 0 Å². The van der Waals surface area contributed by atoms with Gasteiger partial charge in [0.1, 0.15) is 6.54 Å². The van der Waals surface area contributed by atoms with E-state index in [1.807, 2.05) is 26.0 Å². The third-order valence-corrected chi connectivity index (χ3v) is 4.25. The number of phenols is 1. The van der Waals surface area contributed by atoms with Gasteiger partial charge in [0.15, 0.2) is 11.5 Å². The zero-order valence-electron chi connectivity index (χ0n) is 13.8. The molecule has 1 unspecified atom stereocenters. The summed E-state index contributed by atoms with van der Waals surface area (Å²) in [6, 6.07) is 5.38. The Morgan fingerprint density at radius 3 is 2.82 bits per heavy atom. The normalized spacial score (nSPS) is 24.2. The Bertz CT molecular complexity index is 503. The molecule has 0 radical (unpaired) electrons. The lowest BCUT2D eigenvalue weighted by Crippen LogP contribution is -2.83. The van der Waals surface area contributed by atoms with Crippen molar-refractivity contribution < 1.29 is 25.0 Å². The van der Waals surface area contributed by atoms with Gasteiger partial charge >= 0.3 is 0 Å².